The number of hydroxylamine groups is 1. The van der Waals surface area contributed by atoms with Crippen molar-refractivity contribution in [1.29, 1.82) is 0 Å². The summed E-state index contributed by atoms with van der Waals surface area (Å²) in [6, 6.07) is 24.1. The highest BCUT2D eigenvalue weighted by atomic mass is 16.7. The Labute approximate surface area is 170 Å². The monoisotopic (exact) mass is 389 g/mol. The van der Waals surface area contributed by atoms with Crippen LogP contribution in [0.15, 0.2) is 78.9 Å². The van der Waals surface area contributed by atoms with Gasteiger partial charge < -0.3 is 9.57 Å². The van der Waals surface area contributed by atoms with Gasteiger partial charge >= 0.3 is 5.97 Å². The van der Waals surface area contributed by atoms with Gasteiger partial charge in [-0.05, 0) is 47.9 Å². The van der Waals surface area contributed by atoms with E-state index in [0.717, 1.165) is 21.9 Å². The molecule has 0 aliphatic heterocycles. The third-order valence-corrected chi connectivity index (χ3v) is 4.27. The molecule has 3 rings (SSSR count). The van der Waals surface area contributed by atoms with Crippen LogP contribution in [0.5, 0.6) is 11.5 Å². The maximum absolute atomic E-state index is 13.0. The van der Waals surface area contributed by atoms with Gasteiger partial charge in [0.15, 0.2) is 0 Å². The third-order valence-electron chi connectivity index (χ3n) is 4.27. The van der Waals surface area contributed by atoms with Gasteiger partial charge in [-0.15, -0.1) is 5.06 Å². The number of nitrogens with zero attached hydrogens (tertiary/aromatic N) is 1. The summed E-state index contributed by atoms with van der Waals surface area (Å²) in [5.41, 5.74) is 2.25. The normalized spacial score (nSPS) is 10.3. The molecule has 29 heavy (non-hydrogen) atoms. The number of anilines is 1. The smallest absolute Gasteiger partial charge is 0.330 e. The van der Waals surface area contributed by atoms with Crippen molar-refractivity contribution in [3.05, 3.63) is 90.0 Å². The maximum atomic E-state index is 13.0. The number of rotatable bonds is 6. The predicted molar refractivity (Wildman–Crippen MR) is 112 cm³/mol. The highest BCUT2D eigenvalue weighted by molar-refractivity contribution is 5.95. The first-order chi connectivity index (χ1) is 14.1. The lowest BCUT2D eigenvalue weighted by Crippen LogP contribution is -2.34. The second-order valence-electron chi connectivity index (χ2n) is 6.49. The van der Waals surface area contributed by atoms with Crippen LogP contribution in [0.2, 0.25) is 0 Å². The molecule has 148 valence electrons. The van der Waals surface area contributed by atoms with E-state index < -0.39 is 5.97 Å². The highest BCUT2D eigenvalue weighted by Gasteiger charge is 2.22. The fourth-order valence-corrected chi connectivity index (χ4v) is 2.96. The number of ether oxygens (including phenoxy) is 1. The van der Waals surface area contributed by atoms with Crippen molar-refractivity contribution in [3.63, 3.8) is 0 Å². The zero-order valence-electron chi connectivity index (χ0n) is 16.5. The summed E-state index contributed by atoms with van der Waals surface area (Å²) in [6.07, 6.45) is 0.777. The number of aryl methyl sites for hydroxylation is 1. The fourth-order valence-electron chi connectivity index (χ4n) is 2.96. The van der Waals surface area contributed by atoms with Gasteiger partial charge in [0.25, 0.3) is 5.91 Å². The molecule has 0 aliphatic carbocycles. The SMILES string of the molecule is CCc1ccccc1N(OC(C)=O)C(=O)Cc1cccc(Oc2ccccc2)c1. The molecule has 5 heteroatoms. The molecule has 0 saturated carbocycles. The second-order valence-corrected chi connectivity index (χ2v) is 6.49. The minimum atomic E-state index is -0.551. The molecule has 0 bridgehead atoms. The van der Waals surface area contributed by atoms with E-state index in [9.17, 15) is 9.59 Å². The molecule has 0 unspecified atom stereocenters. The van der Waals surface area contributed by atoms with Gasteiger partial charge in [0.1, 0.15) is 11.5 Å². The lowest BCUT2D eigenvalue weighted by Gasteiger charge is -2.23. The first kappa shape index (κ1) is 20.1. The number of carbonyl (C=O) groups excluding carboxylic acids is 2. The van der Waals surface area contributed by atoms with E-state index in [1.54, 1.807) is 6.07 Å². The minimum Gasteiger partial charge on any atom is -0.457 e. The largest absolute Gasteiger partial charge is 0.457 e. The van der Waals surface area contributed by atoms with Crippen LogP contribution >= 0.6 is 0 Å². The van der Waals surface area contributed by atoms with Crippen molar-refractivity contribution in [1.82, 2.24) is 0 Å². The number of benzene rings is 3. The van der Waals surface area contributed by atoms with Crippen molar-refractivity contribution >= 4 is 17.6 Å². The fraction of sp³-hybridized carbons (Fsp3) is 0.167. The van der Waals surface area contributed by atoms with E-state index >= 15 is 0 Å². The first-order valence-electron chi connectivity index (χ1n) is 9.48. The van der Waals surface area contributed by atoms with Gasteiger partial charge in [0, 0.05) is 6.92 Å². The Balaban J connectivity index is 1.81. The molecular weight excluding hydrogens is 366 g/mol. The number of hydrogen-bond acceptors (Lipinski definition) is 4. The molecule has 1 amide bonds. The van der Waals surface area contributed by atoms with Crippen LogP contribution in [0.4, 0.5) is 5.69 Å². The number of para-hydroxylation sites is 2. The summed E-state index contributed by atoms with van der Waals surface area (Å²) in [7, 11) is 0. The Hall–Kier alpha value is -3.60. The van der Waals surface area contributed by atoms with Gasteiger partial charge in [-0.2, -0.15) is 0 Å². The third kappa shape index (κ3) is 5.45. The van der Waals surface area contributed by atoms with Crippen molar-refractivity contribution in [2.75, 3.05) is 5.06 Å². The summed E-state index contributed by atoms with van der Waals surface area (Å²) >= 11 is 0. The van der Waals surface area contributed by atoms with Crippen LogP contribution in [0.1, 0.15) is 25.0 Å². The van der Waals surface area contributed by atoms with Crippen LogP contribution in [-0.2, 0) is 27.3 Å². The Morgan fingerprint density at radius 1 is 0.862 bits per heavy atom. The standard InChI is InChI=1S/C24H23NO4/c1-3-20-11-7-8-15-23(20)25(29-18(2)26)24(27)17-19-10-9-14-22(16-19)28-21-12-5-4-6-13-21/h4-16H,3,17H2,1-2H3. The van der Waals surface area contributed by atoms with Crippen LogP contribution in [-0.4, -0.2) is 11.9 Å². The molecule has 5 nitrogen and oxygen atoms in total. The van der Waals surface area contributed by atoms with Crippen molar-refractivity contribution in [2.45, 2.75) is 26.7 Å². The van der Waals surface area contributed by atoms with Gasteiger partial charge in [-0.25, -0.2) is 4.79 Å². The average molecular weight is 389 g/mol. The number of amides is 1. The summed E-state index contributed by atoms with van der Waals surface area (Å²) < 4.78 is 5.84. The quantitative estimate of drug-likeness (QED) is 0.551. The molecule has 0 N–H and O–H groups in total. The zero-order valence-corrected chi connectivity index (χ0v) is 16.5. The summed E-state index contributed by atoms with van der Waals surface area (Å²) in [4.78, 5) is 29.9. The van der Waals surface area contributed by atoms with Crippen LogP contribution in [0.3, 0.4) is 0 Å². The lowest BCUT2D eigenvalue weighted by molar-refractivity contribution is -0.148. The van der Waals surface area contributed by atoms with E-state index in [0.29, 0.717) is 17.9 Å². The number of hydrogen-bond donors (Lipinski definition) is 0. The van der Waals surface area contributed by atoms with E-state index in [4.69, 9.17) is 9.57 Å². The van der Waals surface area contributed by atoms with Gasteiger partial charge in [0.2, 0.25) is 0 Å². The molecule has 0 saturated heterocycles. The first-order valence-corrected chi connectivity index (χ1v) is 9.48. The Bertz CT molecular complexity index is 985. The summed E-state index contributed by atoms with van der Waals surface area (Å²) in [5, 5.41) is 1.09. The minimum absolute atomic E-state index is 0.0668. The molecule has 0 aliphatic rings. The highest BCUT2D eigenvalue weighted by Crippen LogP contribution is 2.25. The average Bonchev–Trinajstić information content (AvgIpc) is 2.73. The van der Waals surface area contributed by atoms with Gasteiger partial charge in [0.05, 0.1) is 12.1 Å². The van der Waals surface area contributed by atoms with E-state index in [-0.39, 0.29) is 12.3 Å². The number of carbonyl (C=O) groups is 2. The van der Waals surface area contributed by atoms with Crippen LogP contribution < -0.4 is 9.80 Å². The lowest BCUT2D eigenvalue weighted by atomic mass is 10.1. The molecule has 0 aromatic heterocycles. The zero-order chi connectivity index (χ0) is 20.6. The van der Waals surface area contributed by atoms with Crippen molar-refractivity contribution < 1.29 is 19.2 Å². The molecule has 0 spiro atoms. The Morgan fingerprint density at radius 2 is 1.55 bits per heavy atom. The van der Waals surface area contributed by atoms with Crippen LogP contribution in [0.25, 0.3) is 0 Å². The molecule has 3 aromatic carbocycles. The van der Waals surface area contributed by atoms with Crippen LogP contribution in [0, 0.1) is 0 Å². The summed E-state index contributed by atoms with van der Waals surface area (Å²) in [5.74, 6) is 0.465. The molecule has 0 radical (unpaired) electrons. The van der Waals surface area contributed by atoms with E-state index in [2.05, 4.69) is 0 Å². The van der Waals surface area contributed by atoms with E-state index in [1.807, 2.05) is 79.7 Å². The van der Waals surface area contributed by atoms with Crippen molar-refractivity contribution in [2.24, 2.45) is 0 Å². The Kier molecular flexibility index (Phi) is 6.63. The molecule has 0 atom stereocenters. The predicted octanol–water partition coefficient (Wildman–Crippen LogP) is 5.10. The van der Waals surface area contributed by atoms with E-state index in [1.165, 1.54) is 6.92 Å². The molecular formula is C24H23NO4. The van der Waals surface area contributed by atoms with Gasteiger partial charge in [-0.1, -0.05) is 55.5 Å². The topological polar surface area (TPSA) is 55.8 Å². The second kappa shape index (κ2) is 9.55. The van der Waals surface area contributed by atoms with Gasteiger partial charge in [-0.3, -0.25) is 4.79 Å². The molecule has 0 heterocycles. The summed E-state index contributed by atoms with van der Waals surface area (Å²) in [6.45, 7) is 3.27. The molecule has 3 aromatic rings. The maximum Gasteiger partial charge on any atom is 0.330 e. The molecule has 0 fully saturated rings. The Morgan fingerprint density at radius 3 is 2.28 bits per heavy atom. The van der Waals surface area contributed by atoms with Crippen molar-refractivity contribution in [3.8, 4) is 11.5 Å².